The molecule has 46 heteroatoms. The second-order valence-corrected chi connectivity index (χ2v) is 52.2. The van der Waals surface area contributed by atoms with Gasteiger partial charge in [-0.2, -0.15) is 0 Å². The van der Waals surface area contributed by atoms with Gasteiger partial charge in [-0.1, -0.05) is 153 Å². The molecule has 0 radical (unpaired) electrons. The molecule has 38 nitrogen and oxygen atoms in total. The summed E-state index contributed by atoms with van der Waals surface area (Å²) in [6, 6.07) is 41.7. The van der Waals surface area contributed by atoms with Crippen molar-refractivity contribution in [2.24, 2.45) is 5.92 Å². The van der Waals surface area contributed by atoms with E-state index in [4.69, 9.17) is 77.8 Å². The van der Waals surface area contributed by atoms with E-state index in [0.29, 0.717) is 63.3 Å². The Balaban J connectivity index is 0.000000205. The molecular formula is C104H127F4N19O19P2Si2. The number of methoxy groups -OCH3 is 2. The highest BCUT2D eigenvalue weighted by Crippen LogP contribution is 2.55. The van der Waals surface area contributed by atoms with Crippen LogP contribution in [0.2, 0.25) is 36.3 Å². The summed E-state index contributed by atoms with van der Waals surface area (Å²) in [6.07, 6.45) is -4.39. The van der Waals surface area contributed by atoms with Crippen LogP contribution in [0, 0.1) is 30.7 Å². The van der Waals surface area contributed by atoms with Crippen molar-refractivity contribution in [3.63, 3.8) is 0 Å². The number of halogens is 4. The average molecular weight is 2140 g/mol. The molecule has 17 rings (SSSR count). The predicted molar refractivity (Wildman–Crippen MR) is 560 cm³/mol. The van der Waals surface area contributed by atoms with Gasteiger partial charge >= 0.3 is 8.60 Å². The largest absolute Gasteiger partial charge is 0.497 e. The number of benzene rings is 5. The van der Waals surface area contributed by atoms with Gasteiger partial charge in [0.15, 0.2) is 111 Å². The lowest BCUT2D eigenvalue weighted by atomic mass is 9.79. The molecule has 150 heavy (non-hydrogen) atoms. The molecular weight excluding hydrogens is 2010 g/mol. The summed E-state index contributed by atoms with van der Waals surface area (Å²) in [7, 11) is -5.80. The number of hydrogen-bond donors (Lipinski definition) is 5. The SMILES string of the molecule is CC[C@H]1O[C@@H](n2cc(F)c3c(=O)[nH]cnc32)[C@@H](O[Si](C)(C)C(C)(C)C)C1O.[C-]#[N+]CCOP(OC[C@H]1O[C@@H](n2cnc3c(NC(=O)c4ccccc4)ncnc32)[C@@H](F)C1C)N(C(C)C)C(C)C.[C-]#[N+]CCOP(OC[C@H]1O[C@@H](n2cnc3c(NC(=O)c4ccccc4)ncnc32)[C@@H](F)C1OC(c1ccccc1)(c1ccc(OC)cc1)c1ccc(OC)cc1)OC1[C@@H](CC)O[C@@H](n2cc(F)c3c(=O)[nH]cnc32)[C@H]1O[Si](C)(C)C(C)(C)C. The number of fused-ring (bicyclic) bond motifs is 4. The summed E-state index contributed by atoms with van der Waals surface area (Å²) in [5, 5.41) is 15.6. The van der Waals surface area contributed by atoms with E-state index in [1.807, 2.05) is 74.5 Å². The Morgan fingerprint density at radius 3 is 1.41 bits per heavy atom. The molecule has 5 N–H and O–H groups in total. The molecule has 5 aromatic carbocycles. The first kappa shape index (κ1) is 112. The third-order valence-electron chi connectivity index (χ3n) is 27.7. The minimum absolute atomic E-state index is 0.0447. The topological polar surface area (TPSA) is 408 Å². The maximum atomic E-state index is 18.6. The van der Waals surface area contributed by atoms with Gasteiger partial charge in [-0.25, -0.2) is 75.2 Å². The normalized spacial score (nSPS) is 22.5. The zero-order valence-corrected chi connectivity index (χ0v) is 90.6. The number of carbonyl (C=O) groups is 2. The molecule has 4 aliphatic heterocycles. The zero-order valence-electron chi connectivity index (χ0n) is 86.9. The summed E-state index contributed by atoms with van der Waals surface area (Å²) in [4.78, 5) is 97.5. The van der Waals surface area contributed by atoms with Crippen LogP contribution < -0.4 is 31.2 Å². The summed E-state index contributed by atoms with van der Waals surface area (Å²) in [5.74, 6) is -1.27. The van der Waals surface area contributed by atoms with E-state index < -0.39 is 173 Å². The number of aliphatic hydroxyl groups is 1. The second-order valence-electron chi connectivity index (χ2n) is 40.1. The van der Waals surface area contributed by atoms with Gasteiger partial charge in [0.25, 0.3) is 31.5 Å². The van der Waals surface area contributed by atoms with Crippen LogP contribution in [0.15, 0.2) is 199 Å². The van der Waals surface area contributed by atoms with Crippen LogP contribution in [0.5, 0.6) is 11.5 Å². The Bertz CT molecular complexity index is 6930. The number of nitrogens with one attached hydrogen (secondary N) is 4. The third kappa shape index (κ3) is 24.1. The Morgan fingerprint density at radius 1 is 0.520 bits per heavy atom. The van der Waals surface area contributed by atoms with E-state index in [1.165, 1.54) is 68.6 Å². The summed E-state index contributed by atoms with van der Waals surface area (Å²) >= 11 is 0. The van der Waals surface area contributed by atoms with Crippen LogP contribution in [0.25, 0.3) is 54.1 Å². The molecule has 4 fully saturated rings. The average Bonchev–Trinajstić information content (AvgIpc) is 1.30. The molecule has 18 atom stereocenters. The number of imidazole rings is 2. The summed E-state index contributed by atoms with van der Waals surface area (Å²) in [5.41, 5.74) is 1.15. The monoisotopic (exact) mass is 2140 g/mol. The van der Waals surface area contributed by atoms with Crippen molar-refractivity contribution < 1.29 is 96.9 Å². The summed E-state index contributed by atoms with van der Waals surface area (Å²) in [6.45, 7) is 49.4. The highest BCUT2D eigenvalue weighted by atomic mass is 31.2. The van der Waals surface area contributed by atoms with Crippen molar-refractivity contribution in [3.8, 4) is 11.5 Å². The fourth-order valence-electron chi connectivity index (χ4n) is 17.9. The van der Waals surface area contributed by atoms with E-state index in [-0.39, 0.29) is 106 Å². The molecule has 12 heterocycles. The second kappa shape index (κ2) is 48.3. The van der Waals surface area contributed by atoms with Gasteiger partial charge in [-0.05, 0) is 142 Å². The number of carbonyl (C=O) groups excluding carboxylic acids is 2. The number of aromatic nitrogens is 14. The number of rotatable bonds is 38. The third-order valence-corrected chi connectivity index (χ3v) is 39.9. The fourth-order valence-corrected chi connectivity index (χ4v) is 23.2. The lowest BCUT2D eigenvalue weighted by molar-refractivity contribution is -0.104. The lowest BCUT2D eigenvalue weighted by Crippen LogP contribution is -2.49. The fraction of sp³-hybridized carbons (Fsp3) is 0.462. The molecule has 2 amide bonds. The number of H-pyrrole nitrogens is 2. The van der Waals surface area contributed by atoms with E-state index in [2.05, 4.69) is 170 Å². The Morgan fingerprint density at radius 2 is 0.947 bits per heavy atom. The molecule has 0 bridgehead atoms. The smallest absolute Gasteiger partial charge is 0.333 e. The van der Waals surface area contributed by atoms with Gasteiger partial charge in [0.1, 0.15) is 90.4 Å². The number of alkyl halides is 2. The Hall–Kier alpha value is -12.0. The zero-order chi connectivity index (χ0) is 108. The van der Waals surface area contributed by atoms with Crippen LogP contribution in [-0.4, -0.2) is 239 Å². The molecule has 0 aliphatic carbocycles. The predicted octanol–water partition coefficient (Wildman–Crippen LogP) is 19.0. The number of ether oxygens (including phenoxy) is 7. The van der Waals surface area contributed by atoms with Crippen molar-refractivity contribution >= 4 is 102 Å². The maximum Gasteiger partial charge on any atom is 0.333 e. The van der Waals surface area contributed by atoms with Gasteiger partial charge in [-0.15, -0.1) is 0 Å². The van der Waals surface area contributed by atoms with Crippen molar-refractivity contribution in [2.75, 3.05) is 64.4 Å². The Kier molecular flexibility index (Phi) is 36.1. The van der Waals surface area contributed by atoms with Crippen LogP contribution in [0.3, 0.4) is 0 Å². The van der Waals surface area contributed by atoms with E-state index >= 15 is 13.2 Å². The van der Waals surface area contributed by atoms with Crippen molar-refractivity contribution in [3.05, 3.63) is 273 Å². The number of nitrogens with zero attached hydrogens (tertiary/aromatic N) is 15. The van der Waals surface area contributed by atoms with E-state index in [9.17, 15) is 28.7 Å². The highest BCUT2D eigenvalue weighted by molar-refractivity contribution is 7.44. The quantitative estimate of drug-likeness (QED) is 0.00599. The highest BCUT2D eigenvalue weighted by Gasteiger charge is 2.57. The van der Waals surface area contributed by atoms with E-state index in [0.717, 1.165) is 0 Å². The van der Waals surface area contributed by atoms with Crippen LogP contribution in [0.1, 0.15) is 165 Å². The standard InChI is InChI=1S/C59H64F2N9O11PSi.C27H35FN7O4P.C18H28FN3O4Si/c1-10-43-49(50(81-83(8,9)58(2,3)4)57(77-43)69-31-42(60)45-52(69)64-34-66-55(45)72)80-82(75-30-29-62-5)76-32-44-48(46(61)56(78-44)70-35-67-47-51(63-33-65-53(47)70)68-54(71)36-17-13-11-14-18-36)79-59(37-19-15-12-16-20-37,38-21-25-40(73-6)26-22-38)39-23-27-41(74-7)28-24-39;1-17(2)35(18(3)4)40(37-13-12-29-6)38-14-21-19(5)22(28)27(39-21)34-16-32-23-24(30-15-31-25(23)34)33-26(36)20-10-8-7-9-11-20;1-7-11-13(23)14(26-27(5,6)18(2,3)4)17(25-11)22-8-10(19)12-15(22)20-9-21-16(12)24/h11-28,31,33-35,43-44,46,48-50,56-57H,10,29-30,32H2,1-4,6-9H3,(H,64,66,72)(H,63,65,68,71);7-11,15-19,21-22,27H,12-14H2,1-5H3,(H,30,31,33,36);8-9,11,13-14,17,23H,7H2,1-6H3,(H,20,21,24)/t43-,44-,46+,48?,49?,50+,56-,57-,82?;19?,21-,22+,27-,40?;11-,13?,14+,17-/m111/s1. The summed E-state index contributed by atoms with van der Waals surface area (Å²) < 4.78 is 163. The van der Waals surface area contributed by atoms with Crippen LogP contribution in [0.4, 0.5) is 29.2 Å². The molecule has 13 aromatic rings. The van der Waals surface area contributed by atoms with Crippen molar-refractivity contribution in [1.29, 1.82) is 0 Å². The number of anilines is 2. The molecule has 6 unspecified atom stereocenters. The number of aromatic amines is 2. The van der Waals surface area contributed by atoms with Gasteiger partial charge in [0, 0.05) is 41.5 Å². The Labute approximate surface area is 870 Å². The van der Waals surface area contributed by atoms with Crippen LogP contribution >= 0.6 is 17.1 Å². The first-order chi connectivity index (χ1) is 71.7. The number of aliphatic hydroxyl groups excluding tert-OH is 1. The number of amides is 2. The first-order valence-corrected chi connectivity index (χ1v) is 57.5. The molecule has 4 saturated heterocycles. The molecule has 8 aromatic heterocycles. The minimum Gasteiger partial charge on any atom is -0.497 e. The number of hydrogen-bond acceptors (Lipinski definition) is 28. The minimum atomic E-state index is -2.74. The van der Waals surface area contributed by atoms with Gasteiger partial charge < -0.3 is 109 Å². The first-order valence-electron chi connectivity index (χ1n) is 49.4. The van der Waals surface area contributed by atoms with Gasteiger partial charge in [0.2, 0.25) is 13.1 Å². The maximum absolute atomic E-state index is 18.6. The van der Waals surface area contributed by atoms with Crippen molar-refractivity contribution in [2.45, 2.75) is 249 Å². The van der Waals surface area contributed by atoms with Gasteiger partial charge in [0.05, 0.1) is 71.1 Å². The lowest BCUT2D eigenvalue weighted by Gasteiger charge is -2.41. The molecule has 0 saturated carbocycles. The van der Waals surface area contributed by atoms with E-state index in [1.54, 1.807) is 100 Å². The molecule has 4 aliphatic rings. The van der Waals surface area contributed by atoms with Crippen LogP contribution in [-0.2, 0) is 60.8 Å². The molecule has 798 valence electrons. The van der Waals surface area contributed by atoms with Gasteiger partial charge in [-0.3, -0.25) is 28.3 Å². The molecule has 0 spiro atoms. The van der Waals surface area contributed by atoms with Crippen molar-refractivity contribution in [1.82, 2.24) is 72.8 Å².